The molecule has 0 atom stereocenters. The fourth-order valence-electron chi connectivity index (χ4n) is 3.78. The maximum Gasteiger partial charge on any atom is 0.304 e. The number of tetrazole rings is 1. The van der Waals surface area contributed by atoms with Crippen LogP contribution in [0.15, 0.2) is 71.6 Å². The molecule has 0 saturated carbocycles. The molecule has 1 aromatic heterocycles. The van der Waals surface area contributed by atoms with E-state index in [2.05, 4.69) is 41.5 Å². The standard InChI is InChI=1S/C29H31N5O3S/c1-19-10-12-21(13-11-19)16-27(36)30-25-17-22(14-15-26(25)38-29(3,4)5)23-8-6-7-9-24(23)28-31-33-34(32-28)18-37-20(2)35/h6-15,17H,16,18H2,1-5H3,(H,30,36). The molecule has 0 fully saturated rings. The number of thioether (sulfide) groups is 1. The van der Waals surface area contributed by atoms with E-state index in [1.807, 2.05) is 73.7 Å². The molecular weight excluding hydrogens is 498 g/mol. The molecule has 1 N–H and O–H groups in total. The minimum Gasteiger partial charge on any atom is -0.441 e. The third-order valence-corrected chi connectivity index (χ3v) is 6.66. The number of nitrogens with zero attached hydrogens (tertiary/aromatic N) is 4. The normalized spacial score (nSPS) is 11.3. The largest absolute Gasteiger partial charge is 0.441 e. The van der Waals surface area contributed by atoms with Gasteiger partial charge in [0.05, 0.1) is 12.1 Å². The van der Waals surface area contributed by atoms with Crippen molar-refractivity contribution in [2.75, 3.05) is 5.32 Å². The third-order valence-electron chi connectivity index (χ3n) is 5.47. The molecule has 0 radical (unpaired) electrons. The van der Waals surface area contributed by atoms with Crippen molar-refractivity contribution in [2.45, 2.75) is 57.4 Å². The monoisotopic (exact) mass is 529 g/mol. The number of amides is 1. The number of carbonyl (C=O) groups is 2. The Kier molecular flexibility index (Phi) is 8.26. The van der Waals surface area contributed by atoms with Crippen LogP contribution in [-0.4, -0.2) is 36.8 Å². The van der Waals surface area contributed by atoms with E-state index in [1.165, 1.54) is 11.7 Å². The smallest absolute Gasteiger partial charge is 0.304 e. The number of rotatable bonds is 8. The molecule has 0 aliphatic carbocycles. The molecule has 38 heavy (non-hydrogen) atoms. The van der Waals surface area contributed by atoms with E-state index in [1.54, 1.807) is 11.8 Å². The van der Waals surface area contributed by atoms with Crippen molar-refractivity contribution in [3.8, 4) is 22.5 Å². The van der Waals surface area contributed by atoms with Crippen molar-refractivity contribution in [1.29, 1.82) is 0 Å². The van der Waals surface area contributed by atoms with Gasteiger partial charge in [-0.05, 0) is 41.0 Å². The van der Waals surface area contributed by atoms with Crippen molar-refractivity contribution in [3.63, 3.8) is 0 Å². The van der Waals surface area contributed by atoms with Crippen LogP contribution in [0.2, 0.25) is 0 Å². The van der Waals surface area contributed by atoms with E-state index in [-0.39, 0.29) is 23.8 Å². The van der Waals surface area contributed by atoms with Crippen LogP contribution in [0.5, 0.6) is 0 Å². The molecule has 0 aliphatic heterocycles. The Hall–Kier alpha value is -3.98. The molecule has 0 spiro atoms. The van der Waals surface area contributed by atoms with Crippen LogP contribution in [0, 0.1) is 6.92 Å². The Morgan fingerprint density at radius 2 is 1.71 bits per heavy atom. The van der Waals surface area contributed by atoms with Gasteiger partial charge in [0.2, 0.25) is 18.5 Å². The molecule has 0 aliphatic rings. The summed E-state index contributed by atoms with van der Waals surface area (Å²) in [4.78, 5) is 26.4. The van der Waals surface area contributed by atoms with Gasteiger partial charge in [0.1, 0.15) is 0 Å². The van der Waals surface area contributed by atoms with Crippen molar-refractivity contribution in [3.05, 3.63) is 77.9 Å². The molecule has 0 unspecified atom stereocenters. The first kappa shape index (κ1) is 27.1. The summed E-state index contributed by atoms with van der Waals surface area (Å²) in [5.41, 5.74) is 5.44. The lowest BCUT2D eigenvalue weighted by molar-refractivity contribution is -0.145. The number of hydrogen-bond donors (Lipinski definition) is 1. The van der Waals surface area contributed by atoms with Gasteiger partial charge in [-0.15, -0.1) is 26.8 Å². The highest BCUT2D eigenvalue weighted by Crippen LogP contribution is 2.40. The van der Waals surface area contributed by atoms with E-state index in [9.17, 15) is 9.59 Å². The quantitative estimate of drug-likeness (QED) is 0.224. The van der Waals surface area contributed by atoms with E-state index in [4.69, 9.17) is 4.74 Å². The highest BCUT2D eigenvalue weighted by atomic mass is 32.2. The number of anilines is 1. The molecule has 0 saturated heterocycles. The van der Waals surface area contributed by atoms with Gasteiger partial charge in [-0.2, -0.15) is 0 Å². The first-order valence-electron chi connectivity index (χ1n) is 12.3. The number of aromatic nitrogens is 4. The topological polar surface area (TPSA) is 99.0 Å². The molecule has 3 aromatic carbocycles. The molecule has 0 bridgehead atoms. The highest BCUT2D eigenvalue weighted by molar-refractivity contribution is 8.00. The SMILES string of the molecule is CC(=O)OCn1nnc(-c2ccccc2-c2ccc(SC(C)(C)C)c(NC(=O)Cc3ccc(C)cc3)c2)n1. The Labute approximate surface area is 226 Å². The zero-order valence-corrected chi connectivity index (χ0v) is 23.0. The predicted molar refractivity (Wildman–Crippen MR) is 150 cm³/mol. The zero-order chi connectivity index (χ0) is 27.3. The molecule has 4 aromatic rings. The second kappa shape index (κ2) is 11.6. The Morgan fingerprint density at radius 3 is 2.39 bits per heavy atom. The lowest BCUT2D eigenvalue weighted by Crippen LogP contribution is -2.16. The summed E-state index contributed by atoms with van der Waals surface area (Å²) >= 11 is 1.70. The Balaban J connectivity index is 1.66. The molecule has 9 heteroatoms. The van der Waals surface area contributed by atoms with Gasteiger partial charge in [-0.3, -0.25) is 9.59 Å². The fourth-order valence-corrected chi connectivity index (χ4v) is 4.80. The van der Waals surface area contributed by atoms with E-state index < -0.39 is 5.97 Å². The fraction of sp³-hybridized carbons (Fsp3) is 0.276. The summed E-state index contributed by atoms with van der Waals surface area (Å²) in [5.74, 6) is -0.0922. The molecule has 4 rings (SSSR count). The average Bonchev–Trinajstić information content (AvgIpc) is 3.33. The molecular formula is C29H31N5O3S. The van der Waals surface area contributed by atoms with Gasteiger partial charge < -0.3 is 10.1 Å². The lowest BCUT2D eigenvalue weighted by atomic mass is 9.99. The minimum atomic E-state index is -0.422. The number of hydrogen-bond acceptors (Lipinski definition) is 7. The first-order valence-corrected chi connectivity index (χ1v) is 13.1. The van der Waals surface area contributed by atoms with Gasteiger partial charge in [0.25, 0.3) is 0 Å². The van der Waals surface area contributed by atoms with Crippen LogP contribution in [0.4, 0.5) is 5.69 Å². The van der Waals surface area contributed by atoms with Crippen molar-refractivity contribution < 1.29 is 14.3 Å². The molecule has 196 valence electrons. The van der Waals surface area contributed by atoms with Crippen LogP contribution in [0.25, 0.3) is 22.5 Å². The Bertz CT molecular complexity index is 1440. The minimum absolute atomic E-state index is 0.0414. The summed E-state index contributed by atoms with van der Waals surface area (Å²) in [6.07, 6.45) is 0.288. The molecule has 1 amide bonds. The van der Waals surface area contributed by atoms with Crippen LogP contribution in [0.1, 0.15) is 38.8 Å². The summed E-state index contributed by atoms with van der Waals surface area (Å²) in [6, 6.07) is 21.8. The van der Waals surface area contributed by atoms with Crippen molar-refractivity contribution in [2.24, 2.45) is 0 Å². The van der Waals surface area contributed by atoms with E-state index in [0.717, 1.165) is 38.4 Å². The number of ether oxygens (including phenoxy) is 1. The van der Waals surface area contributed by atoms with Crippen LogP contribution >= 0.6 is 11.8 Å². The summed E-state index contributed by atoms with van der Waals surface area (Å²) in [6.45, 7) is 9.67. The van der Waals surface area contributed by atoms with Crippen LogP contribution in [-0.2, 0) is 27.5 Å². The first-order chi connectivity index (χ1) is 18.1. The highest BCUT2D eigenvalue weighted by Gasteiger charge is 2.19. The van der Waals surface area contributed by atoms with E-state index >= 15 is 0 Å². The second-order valence-electron chi connectivity index (χ2n) is 9.93. The maximum absolute atomic E-state index is 13.0. The number of aryl methyl sites for hydroxylation is 1. The summed E-state index contributed by atoms with van der Waals surface area (Å²) in [7, 11) is 0. The average molecular weight is 530 g/mol. The number of esters is 1. The van der Waals surface area contributed by atoms with E-state index in [0.29, 0.717) is 5.82 Å². The van der Waals surface area contributed by atoms with Gasteiger partial charge >= 0.3 is 5.97 Å². The van der Waals surface area contributed by atoms with Crippen LogP contribution in [0.3, 0.4) is 0 Å². The summed E-state index contributed by atoms with van der Waals surface area (Å²) < 4.78 is 4.92. The summed E-state index contributed by atoms with van der Waals surface area (Å²) in [5, 5.41) is 15.7. The number of nitrogens with one attached hydrogen (secondary N) is 1. The van der Waals surface area contributed by atoms with Gasteiger partial charge in [0, 0.05) is 22.1 Å². The van der Waals surface area contributed by atoms with Crippen molar-refractivity contribution in [1.82, 2.24) is 20.2 Å². The maximum atomic E-state index is 13.0. The van der Waals surface area contributed by atoms with Gasteiger partial charge in [-0.25, -0.2) is 0 Å². The number of benzene rings is 3. The van der Waals surface area contributed by atoms with Crippen molar-refractivity contribution >= 4 is 29.3 Å². The molecule has 8 nitrogen and oxygen atoms in total. The van der Waals surface area contributed by atoms with Crippen LogP contribution < -0.4 is 5.32 Å². The lowest BCUT2D eigenvalue weighted by Gasteiger charge is -2.21. The van der Waals surface area contributed by atoms with Gasteiger partial charge in [0.15, 0.2) is 0 Å². The van der Waals surface area contributed by atoms with Gasteiger partial charge in [-0.1, -0.05) is 80.9 Å². The molecule has 1 heterocycles. The third kappa shape index (κ3) is 7.29. The second-order valence-corrected chi connectivity index (χ2v) is 11.8. The number of carbonyl (C=O) groups excluding carboxylic acids is 2. The predicted octanol–water partition coefficient (Wildman–Crippen LogP) is 5.91. The Morgan fingerprint density at radius 1 is 1.00 bits per heavy atom. The zero-order valence-electron chi connectivity index (χ0n) is 22.2.